The van der Waals surface area contributed by atoms with E-state index in [1.54, 1.807) is 23.9 Å². The van der Waals surface area contributed by atoms with E-state index in [0.717, 1.165) is 5.75 Å². The summed E-state index contributed by atoms with van der Waals surface area (Å²) < 4.78 is 5.01. The van der Waals surface area contributed by atoms with E-state index >= 15 is 0 Å². The minimum Gasteiger partial charge on any atom is -0.461 e. The number of halogens is 1. The summed E-state index contributed by atoms with van der Waals surface area (Å²) in [5.41, 5.74) is 6.34. The van der Waals surface area contributed by atoms with Crippen molar-refractivity contribution >= 4 is 35.0 Å². The number of rotatable bonds is 4. The van der Waals surface area contributed by atoms with Crippen molar-refractivity contribution in [3.05, 3.63) is 28.8 Å². The number of hydrogen-bond donors (Lipinski definition) is 1. The van der Waals surface area contributed by atoms with Crippen molar-refractivity contribution in [2.24, 2.45) is 0 Å². The lowest BCUT2D eigenvalue weighted by Gasteiger charge is -2.06. The van der Waals surface area contributed by atoms with Crippen LogP contribution in [0.25, 0.3) is 0 Å². The highest BCUT2D eigenvalue weighted by Crippen LogP contribution is 2.18. The fraction of sp³-hybridized carbons (Fsp3) is 0.300. The minimum absolute atomic E-state index is 0.323. The van der Waals surface area contributed by atoms with E-state index in [9.17, 15) is 4.79 Å². The molecule has 0 radical (unpaired) electrons. The molecule has 5 heteroatoms. The predicted octanol–water partition coefficient (Wildman–Crippen LogP) is 2.44. The molecule has 1 rings (SSSR count). The number of ether oxygens (including phenoxy) is 1. The molecule has 82 valence electrons. The van der Waals surface area contributed by atoms with E-state index in [-0.39, 0.29) is 0 Å². The molecule has 2 N–H and O–H groups in total. The second-order valence-corrected chi connectivity index (χ2v) is 4.28. The van der Waals surface area contributed by atoms with Crippen molar-refractivity contribution in [1.29, 1.82) is 0 Å². The number of benzene rings is 1. The highest BCUT2D eigenvalue weighted by molar-refractivity contribution is 7.98. The molecule has 0 heterocycles. The molecule has 0 spiro atoms. The summed E-state index contributed by atoms with van der Waals surface area (Å²) in [6.45, 7) is 0.381. The first-order chi connectivity index (χ1) is 7.15. The average Bonchev–Trinajstić information content (AvgIpc) is 2.22. The van der Waals surface area contributed by atoms with E-state index in [4.69, 9.17) is 22.1 Å². The summed E-state index contributed by atoms with van der Waals surface area (Å²) in [5.74, 6) is 0.343. The molecule has 1 aromatic rings. The SMILES string of the molecule is CSCCOC(=O)c1cc(Cl)ccc1N. The van der Waals surface area contributed by atoms with Gasteiger partial charge in [0.1, 0.15) is 6.61 Å². The Morgan fingerprint density at radius 1 is 1.60 bits per heavy atom. The van der Waals surface area contributed by atoms with Gasteiger partial charge in [0, 0.05) is 16.5 Å². The summed E-state index contributed by atoms with van der Waals surface area (Å²) in [4.78, 5) is 11.5. The van der Waals surface area contributed by atoms with Gasteiger partial charge in [-0.2, -0.15) is 11.8 Å². The fourth-order valence-electron chi connectivity index (χ4n) is 1.00. The van der Waals surface area contributed by atoms with Gasteiger partial charge in [0.2, 0.25) is 0 Å². The minimum atomic E-state index is -0.427. The van der Waals surface area contributed by atoms with E-state index in [1.165, 1.54) is 6.07 Å². The molecule has 0 saturated carbocycles. The zero-order chi connectivity index (χ0) is 11.3. The maximum absolute atomic E-state index is 11.5. The van der Waals surface area contributed by atoms with Crippen molar-refractivity contribution in [1.82, 2.24) is 0 Å². The third-order valence-corrected chi connectivity index (χ3v) is 2.57. The summed E-state index contributed by atoms with van der Waals surface area (Å²) >= 11 is 7.37. The Kier molecular flexibility index (Phi) is 4.78. The van der Waals surface area contributed by atoms with Crippen LogP contribution in [0.1, 0.15) is 10.4 Å². The lowest BCUT2D eigenvalue weighted by molar-refractivity contribution is 0.0531. The zero-order valence-electron chi connectivity index (χ0n) is 8.33. The van der Waals surface area contributed by atoms with Gasteiger partial charge >= 0.3 is 5.97 Å². The van der Waals surface area contributed by atoms with Crippen LogP contribution in [0, 0.1) is 0 Å². The number of thioether (sulfide) groups is 1. The number of carbonyl (C=O) groups is 1. The van der Waals surface area contributed by atoms with Crippen LogP contribution in [0.5, 0.6) is 0 Å². The van der Waals surface area contributed by atoms with E-state index in [1.807, 2.05) is 6.26 Å². The smallest absolute Gasteiger partial charge is 0.340 e. The van der Waals surface area contributed by atoms with Gasteiger partial charge in [0.15, 0.2) is 0 Å². The number of nitrogen functional groups attached to an aromatic ring is 1. The van der Waals surface area contributed by atoms with Crippen LogP contribution < -0.4 is 5.73 Å². The molecule has 0 aliphatic rings. The fourth-order valence-corrected chi connectivity index (χ4v) is 1.42. The van der Waals surface area contributed by atoms with Crippen molar-refractivity contribution in [2.75, 3.05) is 24.3 Å². The normalized spacial score (nSPS) is 10.0. The highest BCUT2D eigenvalue weighted by atomic mass is 35.5. The van der Waals surface area contributed by atoms with Gasteiger partial charge < -0.3 is 10.5 Å². The summed E-state index contributed by atoms with van der Waals surface area (Å²) in [6, 6.07) is 4.74. The van der Waals surface area contributed by atoms with Crippen molar-refractivity contribution in [2.45, 2.75) is 0 Å². The van der Waals surface area contributed by atoms with Gasteiger partial charge in [-0.15, -0.1) is 0 Å². The Labute approximate surface area is 97.9 Å². The summed E-state index contributed by atoms with van der Waals surface area (Å²) in [5, 5.41) is 0.473. The van der Waals surface area contributed by atoms with Crippen LogP contribution in [0.15, 0.2) is 18.2 Å². The largest absolute Gasteiger partial charge is 0.461 e. The molecule has 0 bridgehead atoms. The maximum Gasteiger partial charge on any atom is 0.340 e. The van der Waals surface area contributed by atoms with E-state index in [0.29, 0.717) is 22.9 Å². The molecule has 0 saturated heterocycles. The first-order valence-electron chi connectivity index (χ1n) is 4.36. The molecule has 15 heavy (non-hydrogen) atoms. The Bertz CT molecular complexity index is 357. The van der Waals surface area contributed by atoms with Gasteiger partial charge in [-0.3, -0.25) is 0 Å². The molecule has 0 unspecified atom stereocenters. The molecule has 0 fully saturated rings. The topological polar surface area (TPSA) is 52.3 Å². The van der Waals surface area contributed by atoms with Crippen LogP contribution in [0.3, 0.4) is 0 Å². The molecule has 0 amide bonds. The second kappa shape index (κ2) is 5.88. The first kappa shape index (κ1) is 12.2. The van der Waals surface area contributed by atoms with Crippen LogP contribution >= 0.6 is 23.4 Å². The predicted molar refractivity (Wildman–Crippen MR) is 64.5 cm³/mol. The van der Waals surface area contributed by atoms with Crippen LogP contribution in [0.4, 0.5) is 5.69 Å². The van der Waals surface area contributed by atoms with Crippen LogP contribution in [-0.2, 0) is 4.74 Å². The second-order valence-electron chi connectivity index (χ2n) is 2.86. The van der Waals surface area contributed by atoms with Crippen molar-refractivity contribution in [3.63, 3.8) is 0 Å². The molecule has 0 aliphatic heterocycles. The Balaban J connectivity index is 2.68. The Morgan fingerprint density at radius 2 is 2.33 bits per heavy atom. The first-order valence-corrected chi connectivity index (χ1v) is 6.13. The molecule has 0 aliphatic carbocycles. The lowest BCUT2D eigenvalue weighted by Crippen LogP contribution is -2.10. The van der Waals surface area contributed by atoms with Gasteiger partial charge in [-0.25, -0.2) is 4.79 Å². The van der Waals surface area contributed by atoms with Gasteiger partial charge in [-0.05, 0) is 24.5 Å². The number of nitrogens with two attached hydrogens (primary N) is 1. The zero-order valence-corrected chi connectivity index (χ0v) is 9.90. The van der Waals surface area contributed by atoms with Gasteiger partial charge in [0.25, 0.3) is 0 Å². The number of esters is 1. The highest BCUT2D eigenvalue weighted by Gasteiger charge is 2.11. The van der Waals surface area contributed by atoms with Crippen molar-refractivity contribution < 1.29 is 9.53 Å². The Hall–Kier alpha value is -0.870. The summed E-state index contributed by atoms with van der Waals surface area (Å²) in [6.07, 6.45) is 1.95. The third kappa shape index (κ3) is 3.64. The summed E-state index contributed by atoms with van der Waals surface area (Å²) in [7, 11) is 0. The molecule has 0 atom stereocenters. The lowest BCUT2D eigenvalue weighted by atomic mass is 10.2. The third-order valence-electron chi connectivity index (χ3n) is 1.76. The van der Waals surface area contributed by atoms with E-state index in [2.05, 4.69) is 0 Å². The maximum atomic E-state index is 11.5. The van der Waals surface area contributed by atoms with Gasteiger partial charge in [-0.1, -0.05) is 11.6 Å². The van der Waals surface area contributed by atoms with Crippen LogP contribution in [0.2, 0.25) is 5.02 Å². The van der Waals surface area contributed by atoms with Crippen molar-refractivity contribution in [3.8, 4) is 0 Å². The molecular formula is C10H12ClNO2S. The van der Waals surface area contributed by atoms with E-state index < -0.39 is 5.97 Å². The number of carbonyl (C=O) groups excluding carboxylic acids is 1. The molecule has 3 nitrogen and oxygen atoms in total. The monoisotopic (exact) mass is 245 g/mol. The quantitative estimate of drug-likeness (QED) is 0.503. The van der Waals surface area contributed by atoms with Gasteiger partial charge in [0.05, 0.1) is 5.56 Å². The molecule has 1 aromatic carbocycles. The molecular weight excluding hydrogens is 234 g/mol. The number of hydrogen-bond acceptors (Lipinski definition) is 4. The average molecular weight is 246 g/mol. The standard InChI is InChI=1S/C10H12ClNO2S/c1-15-5-4-14-10(13)8-6-7(11)2-3-9(8)12/h2-3,6H,4-5,12H2,1H3. The Morgan fingerprint density at radius 3 is 3.00 bits per heavy atom. The van der Waals surface area contributed by atoms with Crippen LogP contribution in [-0.4, -0.2) is 24.6 Å². The molecule has 0 aromatic heterocycles. The number of anilines is 1.